The Balaban J connectivity index is 1.43. The third-order valence-corrected chi connectivity index (χ3v) is 11.0. The molecule has 9 atom stereocenters. The van der Waals surface area contributed by atoms with Crippen molar-refractivity contribution in [3.63, 3.8) is 0 Å². The predicted octanol–water partition coefficient (Wildman–Crippen LogP) is 7.47. The Bertz CT molecular complexity index is 528. The third-order valence-electron chi connectivity index (χ3n) is 11.0. The van der Waals surface area contributed by atoms with E-state index < -0.39 is 0 Å². The fraction of sp³-hybridized carbons (Fsp3) is 1.00. The molecule has 0 aromatic rings. The van der Waals surface area contributed by atoms with Gasteiger partial charge in [-0.1, -0.05) is 53.4 Å². The summed E-state index contributed by atoms with van der Waals surface area (Å²) in [4.78, 5) is 0. The van der Waals surface area contributed by atoms with Gasteiger partial charge in [-0.2, -0.15) is 0 Å². The Morgan fingerprint density at radius 2 is 1.61 bits per heavy atom. The molecule has 1 nitrogen and oxygen atoms in total. The van der Waals surface area contributed by atoms with Crippen molar-refractivity contribution in [2.75, 3.05) is 6.61 Å². The van der Waals surface area contributed by atoms with Gasteiger partial charge < -0.3 is 5.11 Å². The number of rotatable bonds is 6. The van der Waals surface area contributed by atoms with Gasteiger partial charge in [-0.3, -0.25) is 0 Å². The van der Waals surface area contributed by atoms with Crippen molar-refractivity contribution >= 4 is 0 Å². The molecule has 0 aromatic carbocycles. The molecular formula is C27H48O. The lowest BCUT2D eigenvalue weighted by Crippen LogP contribution is -2.53. The van der Waals surface area contributed by atoms with E-state index in [0.29, 0.717) is 23.4 Å². The van der Waals surface area contributed by atoms with E-state index in [4.69, 9.17) is 0 Å². The summed E-state index contributed by atoms with van der Waals surface area (Å²) in [6.07, 6.45) is 19.2. The van der Waals surface area contributed by atoms with Crippen molar-refractivity contribution in [2.24, 2.45) is 52.3 Å². The maximum Gasteiger partial charge on any atom is 0.0456 e. The second-order valence-corrected chi connectivity index (χ2v) is 12.3. The highest BCUT2D eigenvalue weighted by molar-refractivity contribution is 5.09. The normalized spacial score (nSPS) is 47.7. The molecule has 4 aliphatic carbocycles. The summed E-state index contributed by atoms with van der Waals surface area (Å²) in [5.74, 6) is 6.49. The second kappa shape index (κ2) is 8.24. The van der Waals surface area contributed by atoms with Gasteiger partial charge in [0.2, 0.25) is 0 Å². The minimum atomic E-state index is 0.362. The van der Waals surface area contributed by atoms with E-state index in [9.17, 15) is 5.11 Å². The first-order chi connectivity index (χ1) is 13.4. The van der Waals surface area contributed by atoms with Gasteiger partial charge in [-0.25, -0.2) is 0 Å². The van der Waals surface area contributed by atoms with E-state index in [1.165, 1.54) is 70.6 Å². The van der Waals surface area contributed by atoms with Crippen LogP contribution in [0.4, 0.5) is 0 Å². The largest absolute Gasteiger partial charge is 0.396 e. The van der Waals surface area contributed by atoms with Crippen LogP contribution in [-0.4, -0.2) is 11.7 Å². The zero-order chi connectivity index (χ0) is 19.9. The van der Waals surface area contributed by atoms with Crippen LogP contribution in [0.25, 0.3) is 0 Å². The van der Waals surface area contributed by atoms with Gasteiger partial charge in [-0.05, 0) is 110 Å². The number of aliphatic hydroxyl groups excluding tert-OH is 1. The minimum absolute atomic E-state index is 0.362. The lowest BCUT2D eigenvalue weighted by Gasteiger charge is -2.61. The van der Waals surface area contributed by atoms with Crippen LogP contribution in [0.3, 0.4) is 0 Å². The first-order valence-corrected chi connectivity index (χ1v) is 13.0. The zero-order valence-corrected chi connectivity index (χ0v) is 19.4. The molecule has 28 heavy (non-hydrogen) atoms. The molecule has 0 heterocycles. The van der Waals surface area contributed by atoms with Crippen LogP contribution in [0.15, 0.2) is 0 Å². The first kappa shape index (κ1) is 21.2. The molecule has 0 aromatic heterocycles. The average molecular weight is 389 g/mol. The van der Waals surface area contributed by atoms with Crippen LogP contribution in [-0.2, 0) is 0 Å². The fourth-order valence-corrected chi connectivity index (χ4v) is 9.35. The number of hydrogen-bond donors (Lipinski definition) is 1. The molecule has 4 aliphatic rings. The monoisotopic (exact) mass is 388 g/mol. The zero-order valence-electron chi connectivity index (χ0n) is 19.4. The predicted molar refractivity (Wildman–Crippen MR) is 119 cm³/mol. The van der Waals surface area contributed by atoms with Gasteiger partial charge in [-0.15, -0.1) is 0 Å². The molecule has 1 heteroatoms. The SMILES string of the molecule is CC(CO)CCCC(C)C1CCC2C3CCC4CCCCC4(C)C3CCC12C. The molecule has 0 aliphatic heterocycles. The van der Waals surface area contributed by atoms with Crippen LogP contribution < -0.4 is 0 Å². The summed E-state index contributed by atoms with van der Waals surface area (Å²) in [6, 6.07) is 0. The van der Waals surface area contributed by atoms with E-state index in [1.807, 2.05) is 0 Å². The highest BCUT2D eigenvalue weighted by Gasteiger charge is 2.59. The van der Waals surface area contributed by atoms with Crippen molar-refractivity contribution in [3.8, 4) is 0 Å². The van der Waals surface area contributed by atoms with E-state index in [2.05, 4.69) is 27.7 Å². The Kier molecular flexibility index (Phi) is 6.24. The number of aliphatic hydroxyl groups is 1. The summed E-state index contributed by atoms with van der Waals surface area (Å²) >= 11 is 0. The van der Waals surface area contributed by atoms with Crippen molar-refractivity contribution in [1.82, 2.24) is 0 Å². The summed E-state index contributed by atoms with van der Waals surface area (Å²) in [6.45, 7) is 10.6. The lowest BCUT2D eigenvalue weighted by atomic mass is 9.44. The molecule has 0 amide bonds. The molecule has 4 fully saturated rings. The molecule has 4 rings (SSSR count). The van der Waals surface area contributed by atoms with Crippen molar-refractivity contribution in [3.05, 3.63) is 0 Å². The Morgan fingerprint density at radius 1 is 0.821 bits per heavy atom. The molecule has 0 radical (unpaired) electrons. The number of fused-ring (bicyclic) bond motifs is 5. The molecule has 4 saturated carbocycles. The highest BCUT2D eigenvalue weighted by Crippen LogP contribution is 2.68. The van der Waals surface area contributed by atoms with E-state index in [0.717, 1.165) is 35.5 Å². The molecular weight excluding hydrogens is 340 g/mol. The molecule has 0 saturated heterocycles. The summed E-state index contributed by atoms with van der Waals surface area (Å²) < 4.78 is 0. The molecule has 0 spiro atoms. The smallest absolute Gasteiger partial charge is 0.0456 e. The Hall–Kier alpha value is -0.0400. The summed E-state index contributed by atoms with van der Waals surface area (Å²) in [7, 11) is 0. The Labute approximate surface area is 175 Å². The fourth-order valence-electron chi connectivity index (χ4n) is 9.35. The van der Waals surface area contributed by atoms with Gasteiger partial charge >= 0.3 is 0 Å². The minimum Gasteiger partial charge on any atom is -0.396 e. The van der Waals surface area contributed by atoms with Gasteiger partial charge in [0.25, 0.3) is 0 Å². The van der Waals surface area contributed by atoms with Gasteiger partial charge in [0.1, 0.15) is 0 Å². The van der Waals surface area contributed by atoms with Crippen LogP contribution in [0, 0.1) is 52.3 Å². The summed E-state index contributed by atoms with van der Waals surface area (Å²) in [5.41, 5.74) is 1.31. The quantitative estimate of drug-likeness (QED) is 0.500. The van der Waals surface area contributed by atoms with Gasteiger partial charge in [0.15, 0.2) is 0 Å². The van der Waals surface area contributed by atoms with Crippen LogP contribution >= 0.6 is 0 Å². The van der Waals surface area contributed by atoms with Crippen molar-refractivity contribution in [1.29, 1.82) is 0 Å². The van der Waals surface area contributed by atoms with Crippen LogP contribution in [0.2, 0.25) is 0 Å². The number of hydrogen-bond acceptors (Lipinski definition) is 1. The molecule has 9 unspecified atom stereocenters. The summed E-state index contributed by atoms with van der Waals surface area (Å²) in [5, 5.41) is 9.32. The maximum atomic E-state index is 9.32. The second-order valence-electron chi connectivity index (χ2n) is 12.3. The molecule has 0 bridgehead atoms. The lowest BCUT2D eigenvalue weighted by molar-refractivity contribution is -0.114. The first-order valence-electron chi connectivity index (χ1n) is 13.0. The van der Waals surface area contributed by atoms with Crippen LogP contribution in [0.1, 0.15) is 111 Å². The molecule has 1 N–H and O–H groups in total. The average Bonchev–Trinajstić information content (AvgIpc) is 3.04. The van der Waals surface area contributed by atoms with Crippen molar-refractivity contribution in [2.45, 2.75) is 111 Å². The van der Waals surface area contributed by atoms with E-state index >= 15 is 0 Å². The van der Waals surface area contributed by atoms with E-state index in [-0.39, 0.29) is 0 Å². The van der Waals surface area contributed by atoms with Gasteiger partial charge in [0, 0.05) is 6.61 Å². The van der Waals surface area contributed by atoms with Crippen molar-refractivity contribution < 1.29 is 5.11 Å². The maximum absolute atomic E-state index is 9.32. The topological polar surface area (TPSA) is 20.2 Å². The van der Waals surface area contributed by atoms with E-state index in [1.54, 1.807) is 12.8 Å². The Morgan fingerprint density at radius 3 is 2.39 bits per heavy atom. The van der Waals surface area contributed by atoms with Gasteiger partial charge in [0.05, 0.1) is 0 Å². The standard InChI is InChI=1S/C27H48O/c1-19(18-28)8-7-9-20(2)23-13-14-24-22-12-11-21-10-5-6-16-26(21,3)25(22)15-17-27(23,24)4/h19-25,28H,5-18H2,1-4H3. The molecule has 162 valence electrons. The third kappa shape index (κ3) is 3.50. The van der Waals surface area contributed by atoms with Crippen LogP contribution in [0.5, 0.6) is 0 Å². The highest BCUT2D eigenvalue weighted by atomic mass is 16.3.